The minimum atomic E-state index is -0.206. The summed E-state index contributed by atoms with van der Waals surface area (Å²) < 4.78 is 1.07. The molecule has 7 heteroatoms. The average molecular weight is 375 g/mol. The number of hydrogen-bond donors (Lipinski definition) is 2. The molecule has 0 saturated heterocycles. The minimum absolute atomic E-state index is 0.206. The molecule has 0 bridgehead atoms. The van der Waals surface area contributed by atoms with E-state index in [9.17, 15) is 4.79 Å². The molecule has 2 aromatic heterocycles. The van der Waals surface area contributed by atoms with Crippen molar-refractivity contribution < 1.29 is 4.79 Å². The van der Waals surface area contributed by atoms with Crippen LogP contribution in [-0.2, 0) is 6.42 Å². The quantitative estimate of drug-likeness (QED) is 0.531. The van der Waals surface area contributed by atoms with Crippen LogP contribution in [0, 0.1) is 0 Å². The maximum absolute atomic E-state index is 12.6. The Morgan fingerprint density at radius 1 is 1.07 bits per heavy atom. The van der Waals surface area contributed by atoms with Gasteiger partial charge in [-0.25, -0.2) is 15.0 Å². The van der Waals surface area contributed by atoms with Gasteiger partial charge in [0.15, 0.2) is 5.13 Å². The van der Waals surface area contributed by atoms with Crippen LogP contribution >= 0.6 is 11.3 Å². The highest BCUT2D eigenvalue weighted by Gasteiger charge is 2.11. The Morgan fingerprint density at radius 3 is 2.74 bits per heavy atom. The van der Waals surface area contributed by atoms with Gasteiger partial charge in [0, 0.05) is 23.6 Å². The second kappa shape index (κ2) is 7.51. The molecule has 0 saturated carbocycles. The van der Waals surface area contributed by atoms with E-state index in [1.54, 1.807) is 30.6 Å². The Balaban J connectivity index is 1.52. The maximum atomic E-state index is 12.6. The van der Waals surface area contributed by atoms with Crippen molar-refractivity contribution in [1.29, 1.82) is 0 Å². The molecule has 0 aliphatic heterocycles. The van der Waals surface area contributed by atoms with E-state index < -0.39 is 0 Å². The van der Waals surface area contributed by atoms with Crippen molar-refractivity contribution in [1.82, 2.24) is 15.0 Å². The zero-order valence-corrected chi connectivity index (χ0v) is 15.5. The zero-order valence-electron chi connectivity index (χ0n) is 14.6. The van der Waals surface area contributed by atoms with Gasteiger partial charge in [0.05, 0.1) is 10.2 Å². The van der Waals surface area contributed by atoms with Gasteiger partial charge in [-0.05, 0) is 48.4 Å². The molecule has 0 aliphatic rings. The number of amides is 1. The van der Waals surface area contributed by atoms with Crippen LogP contribution in [0.4, 0.5) is 16.8 Å². The fourth-order valence-electron chi connectivity index (χ4n) is 2.64. The lowest BCUT2D eigenvalue weighted by atomic mass is 10.2. The molecule has 1 amide bonds. The first-order valence-corrected chi connectivity index (χ1v) is 9.38. The summed E-state index contributed by atoms with van der Waals surface area (Å²) in [6.07, 6.45) is 4.28. The SMILES string of the molecule is CCc1ccc2nc(NC(=O)c3cccc(Nc4ncccn4)c3)sc2c1. The number of nitrogens with one attached hydrogen (secondary N) is 2. The topological polar surface area (TPSA) is 79.8 Å². The summed E-state index contributed by atoms with van der Waals surface area (Å²) in [5.74, 6) is 0.273. The third kappa shape index (κ3) is 3.93. The van der Waals surface area contributed by atoms with Crippen LogP contribution in [-0.4, -0.2) is 20.9 Å². The summed E-state index contributed by atoms with van der Waals surface area (Å²) in [5.41, 5.74) is 3.42. The first-order valence-electron chi connectivity index (χ1n) is 8.56. The number of hydrogen-bond acceptors (Lipinski definition) is 6. The first-order chi connectivity index (χ1) is 13.2. The van der Waals surface area contributed by atoms with Crippen LogP contribution < -0.4 is 10.6 Å². The van der Waals surface area contributed by atoms with Crippen molar-refractivity contribution >= 4 is 44.2 Å². The van der Waals surface area contributed by atoms with Crippen LogP contribution in [0.25, 0.3) is 10.2 Å². The number of anilines is 3. The normalized spacial score (nSPS) is 10.7. The van der Waals surface area contributed by atoms with Gasteiger partial charge in [-0.15, -0.1) is 0 Å². The van der Waals surface area contributed by atoms with Gasteiger partial charge in [0.2, 0.25) is 5.95 Å². The smallest absolute Gasteiger partial charge is 0.257 e. The molecule has 4 aromatic rings. The molecule has 0 spiro atoms. The molecule has 134 valence electrons. The highest BCUT2D eigenvalue weighted by molar-refractivity contribution is 7.22. The minimum Gasteiger partial charge on any atom is -0.324 e. The molecule has 0 aliphatic carbocycles. The number of benzene rings is 2. The Hall–Kier alpha value is -3.32. The Morgan fingerprint density at radius 2 is 1.93 bits per heavy atom. The zero-order chi connectivity index (χ0) is 18.6. The van der Waals surface area contributed by atoms with Gasteiger partial charge < -0.3 is 5.32 Å². The molecule has 4 rings (SSSR count). The van der Waals surface area contributed by atoms with Gasteiger partial charge in [-0.2, -0.15) is 0 Å². The Kier molecular flexibility index (Phi) is 4.76. The predicted octanol–water partition coefficient (Wildman–Crippen LogP) is 4.64. The largest absolute Gasteiger partial charge is 0.324 e. The molecule has 0 atom stereocenters. The number of fused-ring (bicyclic) bond motifs is 1. The van der Waals surface area contributed by atoms with Crippen molar-refractivity contribution in [2.24, 2.45) is 0 Å². The molecule has 2 heterocycles. The van der Waals surface area contributed by atoms with Gasteiger partial charge in [0.25, 0.3) is 5.91 Å². The monoisotopic (exact) mass is 375 g/mol. The molecule has 6 nitrogen and oxygen atoms in total. The molecule has 2 aromatic carbocycles. The van der Waals surface area contributed by atoms with Crippen LogP contribution in [0.15, 0.2) is 60.9 Å². The molecule has 2 N–H and O–H groups in total. The number of rotatable bonds is 5. The summed E-state index contributed by atoms with van der Waals surface area (Å²) in [7, 11) is 0. The fraction of sp³-hybridized carbons (Fsp3) is 0.100. The van der Waals surface area contributed by atoms with Crippen LogP contribution in [0.5, 0.6) is 0 Å². The van der Waals surface area contributed by atoms with E-state index >= 15 is 0 Å². The van der Waals surface area contributed by atoms with Gasteiger partial charge in [-0.1, -0.05) is 30.4 Å². The van der Waals surface area contributed by atoms with E-state index in [-0.39, 0.29) is 5.91 Å². The number of aryl methyl sites for hydroxylation is 1. The van der Waals surface area contributed by atoms with Crippen molar-refractivity contribution in [3.63, 3.8) is 0 Å². The molecular weight excluding hydrogens is 358 g/mol. The number of carbonyl (C=O) groups is 1. The summed E-state index contributed by atoms with van der Waals surface area (Å²) in [4.78, 5) is 25.4. The van der Waals surface area contributed by atoms with E-state index in [4.69, 9.17) is 0 Å². The lowest BCUT2D eigenvalue weighted by Gasteiger charge is -2.06. The molecule has 0 unspecified atom stereocenters. The van der Waals surface area contributed by atoms with E-state index in [0.29, 0.717) is 16.6 Å². The van der Waals surface area contributed by atoms with Gasteiger partial charge >= 0.3 is 0 Å². The summed E-state index contributed by atoms with van der Waals surface area (Å²) >= 11 is 1.48. The number of nitrogens with zero attached hydrogens (tertiary/aromatic N) is 3. The van der Waals surface area contributed by atoms with Gasteiger partial charge in [0.1, 0.15) is 0 Å². The highest BCUT2D eigenvalue weighted by Crippen LogP contribution is 2.27. The average Bonchev–Trinajstić information content (AvgIpc) is 3.10. The fourth-order valence-corrected chi connectivity index (χ4v) is 3.57. The van der Waals surface area contributed by atoms with Crippen molar-refractivity contribution in [2.75, 3.05) is 10.6 Å². The van der Waals surface area contributed by atoms with Gasteiger partial charge in [-0.3, -0.25) is 10.1 Å². The second-order valence-electron chi connectivity index (χ2n) is 5.91. The highest BCUT2D eigenvalue weighted by atomic mass is 32.1. The van der Waals surface area contributed by atoms with E-state index in [1.807, 2.05) is 18.2 Å². The Bertz CT molecular complexity index is 1090. The summed E-state index contributed by atoms with van der Waals surface area (Å²) in [5, 5.41) is 6.56. The summed E-state index contributed by atoms with van der Waals surface area (Å²) in [6.45, 7) is 2.12. The molecular formula is C20H17N5OS. The van der Waals surface area contributed by atoms with E-state index in [1.165, 1.54) is 16.9 Å². The van der Waals surface area contributed by atoms with Crippen molar-refractivity contribution in [2.45, 2.75) is 13.3 Å². The number of carbonyl (C=O) groups excluding carboxylic acids is 1. The third-order valence-corrected chi connectivity index (χ3v) is 4.96. The predicted molar refractivity (Wildman–Crippen MR) is 109 cm³/mol. The second-order valence-corrected chi connectivity index (χ2v) is 6.94. The summed E-state index contributed by atoms with van der Waals surface area (Å²) in [6, 6.07) is 15.1. The van der Waals surface area contributed by atoms with Crippen molar-refractivity contribution in [3.8, 4) is 0 Å². The molecule has 0 fully saturated rings. The third-order valence-electron chi connectivity index (χ3n) is 4.03. The Labute approximate surface area is 160 Å². The van der Waals surface area contributed by atoms with Crippen LogP contribution in [0.1, 0.15) is 22.8 Å². The first kappa shape index (κ1) is 17.1. The number of aromatic nitrogens is 3. The van der Waals surface area contributed by atoms with Crippen LogP contribution in [0.3, 0.4) is 0 Å². The van der Waals surface area contributed by atoms with E-state index in [2.05, 4.69) is 44.6 Å². The maximum Gasteiger partial charge on any atom is 0.257 e. The number of thiazole rings is 1. The molecule has 0 radical (unpaired) electrons. The van der Waals surface area contributed by atoms with E-state index in [0.717, 1.165) is 22.3 Å². The molecule has 27 heavy (non-hydrogen) atoms. The van der Waals surface area contributed by atoms with Crippen LogP contribution in [0.2, 0.25) is 0 Å². The van der Waals surface area contributed by atoms with Crippen molar-refractivity contribution in [3.05, 3.63) is 72.1 Å². The standard InChI is InChI=1S/C20H17N5OS/c1-2-13-7-8-16-17(11-13)27-20(24-16)25-18(26)14-5-3-6-15(12-14)23-19-21-9-4-10-22-19/h3-12H,2H2,1H3,(H,21,22,23)(H,24,25,26). The lowest BCUT2D eigenvalue weighted by molar-refractivity contribution is 0.102. The lowest BCUT2D eigenvalue weighted by Crippen LogP contribution is -2.11.